The summed E-state index contributed by atoms with van der Waals surface area (Å²) >= 11 is 0. The number of hydrogen-bond acceptors (Lipinski definition) is 1. The maximum absolute atomic E-state index is 2.70. The van der Waals surface area contributed by atoms with Crippen molar-refractivity contribution in [1.82, 2.24) is 0 Å². The third-order valence-corrected chi connectivity index (χ3v) is 11.0. The number of para-hydroxylation sites is 1. The van der Waals surface area contributed by atoms with Crippen LogP contribution >= 0.6 is 0 Å². The Bertz CT molecular complexity index is 1470. The van der Waals surface area contributed by atoms with Gasteiger partial charge in [0.25, 0.3) is 0 Å². The fraction of sp³-hybridized carbons (Fsp3) is 0.436. The molecule has 0 amide bonds. The first-order chi connectivity index (χ1) is 19.7. The van der Waals surface area contributed by atoms with Crippen LogP contribution in [-0.4, -0.2) is 6.04 Å². The van der Waals surface area contributed by atoms with Gasteiger partial charge < -0.3 is 4.90 Å². The summed E-state index contributed by atoms with van der Waals surface area (Å²) in [7, 11) is 0. The van der Waals surface area contributed by atoms with Crippen molar-refractivity contribution in [3.05, 3.63) is 124 Å². The zero-order valence-corrected chi connectivity index (χ0v) is 24.1. The van der Waals surface area contributed by atoms with Gasteiger partial charge in [0.05, 0.1) is 0 Å². The molecule has 0 spiro atoms. The van der Waals surface area contributed by atoms with Gasteiger partial charge in [-0.2, -0.15) is 0 Å². The molecule has 1 aliphatic heterocycles. The molecule has 1 aromatic carbocycles. The Labute approximate surface area is 241 Å². The summed E-state index contributed by atoms with van der Waals surface area (Å²) in [6.07, 6.45) is 36.4. The maximum Gasteiger partial charge on any atom is 0.0450 e. The van der Waals surface area contributed by atoms with Crippen LogP contribution in [-0.2, 0) is 0 Å². The molecule has 6 aliphatic carbocycles. The van der Waals surface area contributed by atoms with Gasteiger partial charge in [0.15, 0.2) is 0 Å². The Kier molecular flexibility index (Phi) is 6.23. The highest BCUT2D eigenvalue weighted by Crippen LogP contribution is 2.49. The minimum Gasteiger partial charge on any atom is -0.341 e. The first-order valence-corrected chi connectivity index (χ1v) is 16.2. The molecule has 1 heteroatoms. The van der Waals surface area contributed by atoms with Gasteiger partial charge in [0, 0.05) is 29.3 Å². The minimum absolute atomic E-state index is 0.556. The van der Waals surface area contributed by atoms with Crippen LogP contribution in [0, 0.1) is 17.8 Å². The molecular formula is C39H43N. The molecule has 40 heavy (non-hydrogen) atoms. The predicted molar refractivity (Wildman–Crippen MR) is 168 cm³/mol. The van der Waals surface area contributed by atoms with Gasteiger partial charge >= 0.3 is 0 Å². The monoisotopic (exact) mass is 525 g/mol. The van der Waals surface area contributed by atoms with Crippen LogP contribution in [0.25, 0.3) is 0 Å². The summed E-state index contributed by atoms with van der Waals surface area (Å²) in [4.78, 5) is 2.70. The van der Waals surface area contributed by atoms with E-state index in [1.807, 2.05) is 0 Å². The van der Waals surface area contributed by atoms with Gasteiger partial charge in [-0.3, -0.25) is 0 Å². The van der Waals surface area contributed by atoms with E-state index >= 15 is 0 Å². The Balaban J connectivity index is 0.995. The molecule has 0 aromatic heterocycles. The molecule has 7 aliphatic rings. The lowest BCUT2D eigenvalue weighted by Gasteiger charge is -2.35. The van der Waals surface area contributed by atoms with E-state index in [1.165, 1.54) is 80.3 Å². The van der Waals surface area contributed by atoms with E-state index in [9.17, 15) is 0 Å². The van der Waals surface area contributed by atoms with Crippen LogP contribution in [0.1, 0.15) is 89.0 Å². The maximum atomic E-state index is 2.70. The quantitative estimate of drug-likeness (QED) is 0.355. The van der Waals surface area contributed by atoms with Gasteiger partial charge in [0.1, 0.15) is 0 Å². The fourth-order valence-electron chi connectivity index (χ4n) is 8.86. The molecule has 5 atom stereocenters. The number of fused-ring (bicyclic) bond motifs is 5. The molecule has 1 nitrogen and oxygen atoms in total. The summed E-state index contributed by atoms with van der Waals surface area (Å²) in [5.74, 6) is 2.82. The van der Waals surface area contributed by atoms with Crippen LogP contribution in [0.4, 0.5) is 5.69 Å². The molecule has 5 unspecified atom stereocenters. The SMILES string of the molecule is CC1CC=C2C=C(C3=CC4=CCC(C5=CC=C(N6c7ccccc7C7C=CCCC76)CC5)C=C4CC3)CCC2C1. The second-order valence-corrected chi connectivity index (χ2v) is 13.5. The van der Waals surface area contributed by atoms with Crippen LogP contribution in [0.5, 0.6) is 0 Å². The Hall–Kier alpha value is -3.06. The van der Waals surface area contributed by atoms with E-state index in [0.29, 0.717) is 17.9 Å². The van der Waals surface area contributed by atoms with E-state index in [1.54, 1.807) is 27.9 Å². The molecule has 204 valence electrons. The van der Waals surface area contributed by atoms with Gasteiger partial charge in [-0.1, -0.05) is 79.3 Å². The van der Waals surface area contributed by atoms with Crippen molar-refractivity contribution in [2.45, 2.75) is 89.5 Å². The van der Waals surface area contributed by atoms with Crippen LogP contribution in [0.2, 0.25) is 0 Å². The topological polar surface area (TPSA) is 3.24 Å². The fourth-order valence-corrected chi connectivity index (χ4v) is 8.86. The number of rotatable bonds is 3. The van der Waals surface area contributed by atoms with E-state index in [0.717, 1.165) is 24.7 Å². The number of anilines is 1. The molecule has 0 saturated heterocycles. The standard InChI is InChI=1S/C39H43N/c1-26-10-11-30-24-32(14-12-28(30)22-26)34-17-16-31-23-29(13-15-33(31)25-34)27-18-20-35(21-19-27)40-38-8-4-2-6-36(38)37-7-3-5-9-39(37)40/h2-4,6-8,11,15,18,20,23-26,28-29,37,39H,5,9-10,12-14,16-17,19,21-22H2,1H3. The first-order valence-electron chi connectivity index (χ1n) is 16.2. The lowest BCUT2D eigenvalue weighted by Crippen LogP contribution is -2.34. The zero-order valence-electron chi connectivity index (χ0n) is 24.1. The molecule has 0 fully saturated rings. The highest BCUT2D eigenvalue weighted by Gasteiger charge is 2.39. The van der Waals surface area contributed by atoms with Crippen molar-refractivity contribution in [2.75, 3.05) is 4.90 Å². The van der Waals surface area contributed by atoms with Crippen molar-refractivity contribution in [2.24, 2.45) is 17.8 Å². The average Bonchev–Trinajstić information content (AvgIpc) is 3.35. The van der Waals surface area contributed by atoms with Crippen molar-refractivity contribution in [3.63, 3.8) is 0 Å². The van der Waals surface area contributed by atoms with E-state index in [4.69, 9.17) is 0 Å². The predicted octanol–water partition coefficient (Wildman–Crippen LogP) is 10.2. The summed E-state index contributed by atoms with van der Waals surface area (Å²) in [5, 5.41) is 0. The summed E-state index contributed by atoms with van der Waals surface area (Å²) in [6, 6.07) is 9.72. The van der Waals surface area contributed by atoms with Gasteiger partial charge in [0.2, 0.25) is 0 Å². The molecular weight excluding hydrogens is 482 g/mol. The number of benzene rings is 1. The highest BCUT2D eigenvalue weighted by molar-refractivity contribution is 5.68. The van der Waals surface area contributed by atoms with Crippen LogP contribution in [0.3, 0.4) is 0 Å². The van der Waals surface area contributed by atoms with Gasteiger partial charge in [-0.15, -0.1) is 0 Å². The smallest absolute Gasteiger partial charge is 0.0450 e. The normalized spacial score (nSPS) is 32.7. The van der Waals surface area contributed by atoms with Gasteiger partial charge in [-0.25, -0.2) is 0 Å². The average molecular weight is 526 g/mol. The summed E-state index contributed by atoms with van der Waals surface area (Å²) in [5.41, 5.74) is 14.1. The second-order valence-electron chi connectivity index (χ2n) is 13.5. The third-order valence-electron chi connectivity index (χ3n) is 11.0. The highest BCUT2D eigenvalue weighted by atomic mass is 15.2. The number of allylic oxidation sites excluding steroid dienone is 15. The van der Waals surface area contributed by atoms with E-state index in [2.05, 4.69) is 90.8 Å². The van der Waals surface area contributed by atoms with Crippen molar-refractivity contribution < 1.29 is 0 Å². The third kappa shape index (κ3) is 4.28. The van der Waals surface area contributed by atoms with Crippen molar-refractivity contribution in [1.29, 1.82) is 0 Å². The molecule has 8 rings (SSSR count). The lowest BCUT2D eigenvalue weighted by molar-refractivity contribution is 0.388. The molecule has 0 radical (unpaired) electrons. The van der Waals surface area contributed by atoms with Crippen LogP contribution in [0.15, 0.2) is 118 Å². The Morgan fingerprint density at radius 3 is 2.65 bits per heavy atom. The first kappa shape index (κ1) is 24.7. The summed E-state index contributed by atoms with van der Waals surface area (Å²) in [6.45, 7) is 2.42. The second kappa shape index (κ2) is 10.1. The largest absolute Gasteiger partial charge is 0.341 e. The molecule has 1 aromatic rings. The lowest BCUT2D eigenvalue weighted by atomic mass is 9.72. The Morgan fingerprint density at radius 1 is 0.825 bits per heavy atom. The number of hydrogen-bond donors (Lipinski definition) is 0. The van der Waals surface area contributed by atoms with E-state index < -0.39 is 0 Å². The van der Waals surface area contributed by atoms with Crippen molar-refractivity contribution >= 4 is 5.69 Å². The zero-order chi connectivity index (χ0) is 26.6. The summed E-state index contributed by atoms with van der Waals surface area (Å²) < 4.78 is 0. The Morgan fingerprint density at radius 2 is 1.73 bits per heavy atom. The molecule has 0 N–H and O–H groups in total. The molecule has 0 saturated carbocycles. The van der Waals surface area contributed by atoms with Crippen molar-refractivity contribution in [3.8, 4) is 0 Å². The number of nitrogens with zero attached hydrogens (tertiary/aromatic N) is 1. The van der Waals surface area contributed by atoms with Crippen LogP contribution < -0.4 is 4.90 Å². The van der Waals surface area contributed by atoms with Gasteiger partial charge in [-0.05, 0) is 128 Å². The molecule has 1 heterocycles. The molecule has 0 bridgehead atoms. The minimum atomic E-state index is 0.556. The van der Waals surface area contributed by atoms with E-state index in [-0.39, 0.29) is 0 Å².